The molecule has 0 unspecified atom stereocenters. The van der Waals surface area contributed by atoms with E-state index < -0.39 is 10.0 Å². The van der Waals surface area contributed by atoms with Crippen molar-refractivity contribution in [3.05, 3.63) is 24.0 Å². The number of likely N-dealkylation sites (tertiary alicyclic amines) is 1. The van der Waals surface area contributed by atoms with Crippen molar-refractivity contribution < 1.29 is 13.2 Å². The molecule has 0 aliphatic carbocycles. The number of primary sulfonamides is 1. The molecule has 1 fully saturated rings. The molecule has 1 amide bonds. The fourth-order valence-corrected chi connectivity index (χ4v) is 4.68. The number of piperidine rings is 1. The van der Waals surface area contributed by atoms with E-state index in [0.717, 1.165) is 63.2 Å². The first-order chi connectivity index (χ1) is 14.3. The standard InChI is InChI=1S/C21H33N5O3S/c1-3-11-25-13-9-16(10-14-25)23-21(27)8-7-20-24-18-15-17(30(22,28)29)5-6-19(18)26(20)12-4-2/h5-6,15-16H,3-4,7-14H2,1-2H3,(H,23,27)(H2,22,28,29). The van der Waals surface area contributed by atoms with Crippen LogP contribution in [0.25, 0.3) is 11.0 Å². The summed E-state index contributed by atoms with van der Waals surface area (Å²) < 4.78 is 25.4. The third-order valence-corrected chi connectivity index (χ3v) is 6.55. The second-order valence-corrected chi connectivity index (χ2v) is 9.62. The first kappa shape index (κ1) is 22.7. The first-order valence-electron chi connectivity index (χ1n) is 10.9. The lowest BCUT2D eigenvalue weighted by Gasteiger charge is -2.32. The number of nitrogens with two attached hydrogens (primary N) is 1. The number of aryl methyl sites for hydroxylation is 2. The largest absolute Gasteiger partial charge is 0.353 e. The van der Waals surface area contributed by atoms with Crippen molar-refractivity contribution in [1.29, 1.82) is 0 Å². The molecule has 8 nitrogen and oxygen atoms in total. The molecule has 166 valence electrons. The molecule has 2 heterocycles. The summed E-state index contributed by atoms with van der Waals surface area (Å²) in [6.07, 6.45) is 4.95. The number of amides is 1. The van der Waals surface area contributed by atoms with Gasteiger partial charge in [0.2, 0.25) is 15.9 Å². The van der Waals surface area contributed by atoms with Crippen LogP contribution in [-0.4, -0.2) is 54.5 Å². The number of carbonyl (C=O) groups excluding carboxylic acids is 1. The van der Waals surface area contributed by atoms with Crippen LogP contribution in [0.4, 0.5) is 0 Å². The number of aromatic nitrogens is 2. The average Bonchev–Trinajstić information content (AvgIpc) is 3.05. The van der Waals surface area contributed by atoms with E-state index in [9.17, 15) is 13.2 Å². The van der Waals surface area contributed by atoms with E-state index in [4.69, 9.17) is 5.14 Å². The van der Waals surface area contributed by atoms with Crippen molar-refractivity contribution in [2.75, 3.05) is 19.6 Å². The lowest BCUT2D eigenvalue weighted by atomic mass is 10.0. The number of hydrogen-bond acceptors (Lipinski definition) is 5. The second-order valence-electron chi connectivity index (χ2n) is 8.06. The van der Waals surface area contributed by atoms with E-state index in [2.05, 4.69) is 33.6 Å². The van der Waals surface area contributed by atoms with Gasteiger partial charge >= 0.3 is 0 Å². The summed E-state index contributed by atoms with van der Waals surface area (Å²) in [6, 6.07) is 5.00. The Balaban J connectivity index is 1.64. The minimum atomic E-state index is -3.78. The van der Waals surface area contributed by atoms with Crippen molar-refractivity contribution in [2.45, 2.75) is 69.9 Å². The maximum Gasteiger partial charge on any atom is 0.238 e. The van der Waals surface area contributed by atoms with E-state index in [-0.39, 0.29) is 16.8 Å². The summed E-state index contributed by atoms with van der Waals surface area (Å²) >= 11 is 0. The predicted octanol–water partition coefficient (Wildman–Crippen LogP) is 2.02. The molecule has 1 aliphatic rings. The van der Waals surface area contributed by atoms with Crippen LogP contribution in [0, 0.1) is 0 Å². The third-order valence-electron chi connectivity index (χ3n) is 5.64. The Hall–Kier alpha value is -1.97. The Labute approximate surface area is 178 Å². The third kappa shape index (κ3) is 5.59. The van der Waals surface area contributed by atoms with Crippen LogP contribution in [-0.2, 0) is 27.8 Å². The topological polar surface area (TPSA) is 110 Å². The molecule has 0 saturated carbocycles. The summed E-state index contributed by atoms with van der Waals surface area (Å²) in [6.45, 7) is 8.23. The van der Waals surface area contributed by atoms with Crippen LogP contribution in [0.2, 0.25) is 0 Å². The maximum atomic E-state index is 12.5. The molecule has 0 spiro atoms. The van der Waals surface area contributed by atoms with E-state index in [1.807, 2.05) is 0 Å². The van der Waals surface area contributed by atoms with Gasteiger partial charge in [0.15, 0.2) is 0 Å². The van der Waals surface area contributed by atoms with Crippen molar-refractivity contribution in [1.82, 2.24) is 19.8 Å². The maximum absolute atomic E-state index is 12.5. The molecule has 3 rings (SSSR count). The van der Waals surface area contributed by atoms with E-state index >= 15 is 0 Å². The number of hydrogen-bond donors (Lipinski definition) is 2. The molecule has 0 radical (unpaired) electrons. The minimum Gasteiger partial charge on any atom is -0.353 e. The lowest BCUT2D eigenvalue weighted by molar-refractivity contribution is -0.122. The molecule has 1 saturated heterocycles. The Morgan fingerprint density at radius 1 is 1.20 bits per heavy atom. The highest BCUT2D eigenvalue weighted by molar-refractivity contribution is 7.89. The summed E-state index contributed by atoms with van der Waals surface area (Å²) in [4.78, 5) is 19.6. The Bertz CT molecular complexity index is 978. The zero-order valence-corrected chi connectivity index (χ0v) is 18.7. The predicted molar refractivity (Wildman–Crippen MR) is 118 cm³/mol. The monoisotopic (exact) mass is 435 g/mol. The SMILES string of the molecule is CCCN1CCC(NC(=O)CCc2nc3cc(S(N)(=O)=O)ccc3n2CCC)CC1. The van der Waals surface area contributed by atoms with Crippen LogP contribution in [0.1, 0.15) is 51.8 Å². The van der Waals surface area contributed by atoms with Gasteiger partial charge in [-0.1, -0.05) is 13.8 Å². The van der Waals surface area contributed by atoms with Crippen molar-refractivity contribution in [3.8, 4) is 0 Å². The van der Waals surface area contributed by atoms with E-state index in [1.54, 1.807) is 6.07 Å². The smallest absolute Gasteiger partial charge is 0.238 e. The second kappa shape index (κ2) is 9.89. The number of carbonyl (C=O) groups is 1. The molecule has 0 atom stereocenters. The Morgan fingerprint density at radius 2 is 1.90 bits per heavy atom. The van der Waals surface area contributed by atoms with Gasteiger partial charge in [-0.05, 0) is 50.4 Å². The molecule has 2 aromatic rings. The normalized spacial score (nSPS) is 16.2. The quantitative estimate of drug-likeness (QED) is 0.626. The summed E-state index contributed by atoms with van der Waals surface area (Å²) in [5.41, 5.74) is 1.46. The van der Waals surface area contributed by atoms with Crippen LogP contribution in [0.5, 0.6) is 0 Å². The van der Waals surface area contributed by atoms with Gasteiger partial charge in [-0.15, -0.1) is 0 Å². The van der Waals surface area contributed by atoms with Gasteiger partial charge in [0.25, 0.3) is 0 Å². The highest BCUT2D eigenvalue weighted by Crippen LogP contribution is 2.21. The number of rotatable bonds is 9. The highest BCUT2D eigenvalue weighted by atomic mass is 32.2. The zero-order chi connectivity index (χ0) is 21.7. The van der Waals surface area contributed by atoms with Crippen LogP contribution in [0.3, 0.4) is 0 Å². The number of fused-ring (bicyclic) bond motifs is 1. The molecule has 1 aromatic heterocycles. The fraction of sp³-hybridized carbons (Fsp3) is 0.619. The fourth-order valence-electron chi connectivity index (χ4n) is 4.14. The van der Waals surface area contributed by atoms with Gasteiger partial charge in [-0.25, -0.2) is 18.5 Å². The van der Waals surface area contributed by atoms with Gasteiger partial charge in [-0.3, -0.25) is 4.79 Å². The summed E-state index contributed by atoms with van der Waals surface area (Å²) in [7, 11) is -3.78. The minimum absolute atomic E-state index is 0.0456. The zero-order valence-electron chi connectivity index (χ0n) is 17.9. The van der Waals surface area contributed by atoms with Gasteiger partial charge in [-0.2, -0.15) is 0 Å². The summed E-state index contributed by atoms with van der Waals surface area (Å²) in [5, 5.41) is 8.41. The van der Waals surface area contributed by atoms with Crippen LogP contribution in [0.15, 0.2) is 23.1 Å². The number of nitrogens with zero attached hydrogens (tertiary/aromatic N) is 3. The van der Waals surface area contributed by atoms with Gasteiger partial charge in [0.05, 0.1) is 15.9 Å². The number of imidazole rings is 1. The number of nitrogens with one attached hydrogen (secondary N) is 1. The molecular formula is C21H33N5O3S. The highest BCUT2D eigenvalue weighted by Gasteiger charge is 2.21. The van der Waals surface area contributed by atoms with Gasteiger partial charge in [0, 0.05) is 38.5 Å². The average molecular weight is 436 g/mol. The molecule has 1 aromatic carbocycles. The molecule has 30 heavy (non-hydrogen) atoms. The molecular weight excluding hydrogens is 402 g/mol. The molecule has 1 aliphatic heterocycles. The molecule has 0 bridgehead atoms. The van der Waals surface area contributed by atoms with Gasteiger partial charge < -0.3 is 14.8 Å². The molecule has 3 N–H and O–H groups in total. The number of sulfonamides is 1. The van der Waals surface area contributed by atoms with E-state index in [1.165, 1.54) is 12.1 Å². The van der Waals surface area contributed by atoms with Crippen LogP contribution < -0.4 is 10.5 Å². The van der Waals surface area contributed by atoms with Gasteiger partial charge in [0.1, 0.15) is 5.82 Å². The van der Waals surface area contributed by atoms with Crippen LogP contribution >= 0.6 is 0 Å². The van der Waals surface area contributed by atoms with Crippen molar-refractivity contribution >= 4 is 27.0 Å². The molecule has 9 heteroatoms. The Kier molecular flexibility index (Phi) is 7.49. The number of benzene rings is 1. The lowest BCUT2D eigenvalue weighted by Crippen LogP contribution is -2.44. The van der Waals surface area contributed by atoms with Crippen molar-refractivity contribution in [3.63, 3.8) is 0 Å². The Morgan fingerprint density at radius 3 is 2.53 bits per heavy atom. The van der Waals surface area contributed by atoms with E-state index in [0.29, 0.717) is 18.4 Å². The van der Waals surface area contributed by atoms with Crippen molar-refractivity contribution in [2.24, 2.45) is 5.14 Å². The first-order valence-corrected chi connectivity index (χ1v) is 12.4. The summed E-state index contributed by atoms with van der Waals surface area (Å²) in [5.74, 6) is 0.843.